The summed E-state index contributed by atoms with van der Waals surface area (Å²) in [6.07, 6.45) is 5.09. The molecule has 3 heterocycles. The zero-order chi connectivity index (χ0) is 20.9. The minimum Gasteiger partial charge on any atom is -0.347 e. The molecule has 0 fully saturated rings. The zero-order valence-corrected chi connectivity index (χ0v) is 16.5. The van der Waals surface area contributed by atoms with Gasteiger partial charge in [0.2, 0.25) is 5.82 Å². The van der Waals surface area contributed by atoms with Crippen molar-refractivity contribution in [3.05, 3.63) is 101 Å². The van der Waals surface area contributed by atoms with Crippen molar-refractivity contribution < 1.29 is 9.59 Å². The molecule has 0 bridgehead atoms. The summed E-state index contributed by atoms with van der Waals surface area (Å²) in [5, 5.41) is 5.72. The molecule has 0 spiro atoms. The molecule has 0 aliphatic rings. The quantitative estimate of drug-likeness (QED) is 0.522. The summed E-state index contributed by atoms with van der Waals surface area (Å²) in [6, 6.07) is 17.0. The van der Waals surface area contributed by atoms with Crippen molar-refractivity contribution >= 4 is 17.3 Å². The van der Waals surface area contributed by atoms with E-state index in [4.69, 9.17) is 0 Å². The summed E-state index contributed by atoms with van der Waals surface area (Å²) in [6.45, 7) is 2.71. The zero-order valence-electron chi connectivity index (χ0n) is 16.5. The van der Waals surface area contributed by atoms with Crippen molar-refractivity contribution in [1.29, 1.82) is 0 Å². The van der Waals surface area contributed by atoms with Crippen LogP contribution in [0.25, 0.3) is 5.52 Å². The average molecular weight is 399 g/mol. The summed E-state index contributed by atoms with van der Waals surface area (Å²) in [5.41, 5.74) is 3.80. The molecule has 0 unspecified atom stereocenters. The number of nitrogens with one attached hydrogen (secondary N) is 2. The summed E-state index contributed by atoms with van der Waals surface area (Å²) >= 11 is 0. The minimum absolute atomic E-state index is 0.162. The maximum absolute atomic E-state index is 12.8. The third kappa shape index (κ3) is 4.20. The third-order valence-electron chi connectivity index (χ3n) is 4.68. The Morgan fingerprint density at radius 3 is 2.53 bits per heavy atom. The molecule has 0 radical (unpaired) electrons. The first-order valence-electron chi connectivity index (χ1n) is 9.60. The fourth-order valence-electron chi connectivity index (χ4n) is 3.22. The van der Waals surface area contributed by atoms with Crippen LogP contribution in [0.1, 0.15) is 37.8 Å². The molecule has 150 valence electrons. The van der Waals surface area contributed by atoms with E-state index in [1.54, 1.807) is 35.1 Å². The van der Waals surface area contributed by atoms with Gasteiger partial charge in [0.05, 0.1) is 5.52 Å². The van der Waals surface area contributed by atoms with E-state index in [2.05, 4.69) is 20.6 Å². The lowest BCUT2D eigenvalue weighted by Crippen LogP contribution is -2.26. The van der Waals surface area contributed by atoms with Crippen LogP contribution in [-0.4, -0.2) is 26.2 Å². The number of aromatic nitrogens is 3. The number of hydrogen-bond acceptors (Lipinski definition) is 4. The molecule has 7 nitrogen and oxygen atoms in total. The number of rotatable bonds is 6. The highest BCUT2D eigenvalue weighted by molar-refractivity contribution is 6.02. The number of hydrogen-bond donors (Lipinski definition) is 2. The highest BCUT2D eigenvalue weighted by atomic mass is 16.2. The van der Waals surface area contributed by atoms with E-state index in [0.29, 0.717) is 18.6 Å². The van der Waals surface area contributed by atoms with E-state index in [1.807, 2.05) is 49.4 Å². The van der Waals surface area contributed by atoms with Crippen molar-refractivity contribution in [3.8, 4) is 0 Å². The Morgan fingerprint density at radius 1 is 0.933 bits per heavy atom. The van der Waals surface area contributed by atoms with Gasteiger partial charge in [0.1, 0.15) is 0 Å². The summed E-state index contributed by atoms with van der Waals surface area (Å²) in [4.78, 5) is 33.9. The molecule has 0 saturated heterocycles. The van der Waals surface area contributed by atoms with Crippen LogP contribution in [0.15, 0.2) is 73.2 Å². The molecule has 4 aromatic rings. The fourth-order valence-corrected chi connectivity index (χ4v) is 3.22. The summed E-state index contributed by atoms with van der Waals surface area (Å²) < 4.78 is 1.63. The number of benzene rings is 1. The molecule has 4 rings (SSSR count). The molecule has 0 atom stereocenters. The minimum atomic E-state index is -0.363. The topological polar surface area (TPSA) is 88.4 Å². The van der Waals surface area contributed by atoms with Crippen molar-refractivity contribution in [2.75, 3.05) is 0 Å². The molecule has 7 heteroatoms. The number of fused-ring (bicyclic) bond motifs is 1. The number of imidazole rings is 1. The van der Waals surface area contributed by atoms with Gasteiger partial charge in [-0.15, -0.1) is 0 Å². The monoisotopic (exact) mass is 399 g/mol. The van der Waals surface area contributed by atoms with Crippen molar-refractivity contribution in [1.82, 2.24) is 25.0 Å². The van der Waals surface area contributed by atoms with Gasteiger partial charge in [-0.2, -0.15) is 0 Å². The first-order chi connectivity index (χ1) is 14.6. The fraction of sp³-hybridized carbons (Fsp3) is 0.130. The maximum Gasteiger partial charge on any atom is 0.287 e. The van der Waals surface area contributed by atoms with Crippen molar-refractivity contribution in [2.24, 2.45) is 0 Å². The Kier molecular flexibility index (Phi) is 5.52. The molecule has 2 N–H and O–H groups in total. The van der Waals surface area contributed by atoms with Gasteiger partial charge in [-0.05, 0) is 36.2 Å². The standard InChI is InChI=1S/C23H21N5O2/c1-16-6-4-7-17(12-16)14-25-22(29)20-19-9-2-3-11-28(19)21(27-20)23(30)26-15-18-8-5-10-24-13-18/h2-13H,14-15H2,1H3,(H,25,29)(H,26,30). The number of amides is 2. The highest BCUT2D eigenvalue weighted by Gasteiger charge is 2.21. The van der Waals surface area contributed by atoms with Gasteiger partial charge in [0.15, 0.2) is 5.69 Å². The van der Waals surface area contributed by atoms with Crippen LogP contribution in [0.2, 0.25) is 0 Å². The summed E-state index contributed by atoms with van der Waals surface area (Å²) in [7, 11) is 0. The predicted octanol–water partition coefficient (Wildman–Crippen LogP) is 2.90. The van der Waals surface area contributed by atoms with Gasteiger partial charge >= 0.3 is 0 Å². The third-order valence-corrected chi connectivity index (χ3v) is 4.68. The lowest BCUT2D eigenvalue weighted by Gasteiger charge is -2.05. The average Bonchev–Trinajstić information content (AvgIpc) is 3.17. The van der Waals surface area contributed by atoms with Gasteiger partial charge in [-0.25, -0.2) is 4.98 Å². The Labute approximate surface area is 173 Å². The Hall–Kier alpha value is -4.00. The number of aryl methyl sites for hydroxylation is 1. The molecule has 3 aromatic heterocycles. The molecule has 0 saturated carbocycles. The largest absolute Gasteiger partial charge is 0.347 e. The molecule has 30 heavy (non-hydrogen) atoms. The SMILES string of the molecule is Cc1cccc(CNC(=O)c2nc(C(=O)NCc3cccnc3)n3ccccc23)c1. The van der Waals surface area contributed by atoms with Crippen LogP contribution in [0.5, 0.6) is 0 Å². The second kappa shape index (κ2) is 8.57. The van der Waals surface area contributed by atoms with Gasteiger partial charge < -0.3 is 10.6 Å². The Balaban J connectivity index is 1.54. The lowest BCUT2D eigenvalue weighted by molar-refractivity contribution is 0.0939. The molecular weight excluding hydrogens is 378 g/mol. The van der Waals surface area contributed by atoms with Crippen LogP contribution >= 0.6 is 0 Å². The molecule has 2 amide bonds. The van der Waals surface area contributed by atoms with Crippen LogP contribution in [0, 0.1) is 6.92 Å². The van der Waals surface area contributed by atoms with Gasteiger partial charge in [0.25, 0.3) is 11.8 Å². The van der Waals surface area contributed by atoms with Gasteiger partial charge in [-0.1, -0.05) is 42.0 Å². The van der Waals surface area contributed by atoms with Crippen LogP contribution in [0.3, 0.4) is 0 Å². The Bertz CT molecular complexity index is 1200. The molecular formula is C23H21N5O2. The van der Waals surface area contributed by atoms with Gasteiger partial charge in [0, 0.05) is 31.7 Å². The number of carbonyl (C=O) groups is 2. The second-order valence-corrected chi connectivity index (χ2v) is 6.96. The smallest absolute Gasteiger partial charge is 0.287 e. The van der Waals surface area contributed by atoms with Crippen molar-refractivity contribution in [2.45, 2.75) is 20.0 Å². The van der Waals surface area contributed by atoms with E-state index in [0.717, 1.165) is 16.7 Å². The molecule has 0 aliphatic carbocycles. The number of nitrogens with zero attached hydrogens (tertiary/aromatic N) is 3. The summed E-state index contributed by atoms with van der Waals surface area (Å²) in [5.74, 6) is -0.528. The van der Waals surface area contributed by atoms with Gasteiger partial charge in [-0.3, -0.25) is 19.0 Å². The maximum atomic E-state index is 12.8. The first kappa shape index (κ1) is 19.3. The van der Waals surface area contributed by atoms with Crippen LogP contribution < -0.4 is 10.6 Å². The van der Waals surface area contributed by atoms with E-state index >= 15 is 0 Å². The van der Waals surface area contributed by atoms with E-state index in [1.165, 1.54) is 0 Å². The Morgan fingerprint density at radius 2 is 1.73 bits per heavy atom. The second-order valence-electron chi connectivity index (χ2n) is 6.96. The van der Waals surface area contributed by atoms with E-state index in [9.17, 15) is 9.59 Å². The normalized spacial score (nSPS) is 10.7. The van der Waals surface area contributed by atoms with Crippen LogP contribution in [-0.2, 0) is 13.1 Å². The molecule has 1 aromatic carbocycles. The van der Waals surface area contributed by atoms with Crippen LogP contribution in [0.4, 0.5) is 0 Å². The van der Waals surface area contributed by atoms with E-state index in [-0.39, 0.29) is 23.3 Å². The first-order valence-corrected chi connectivity index (χ1v) is 9.60. The lowest BCUT2D eigenvalue weighted by atomic mass is 10.1. The number of carbonyl (C=O) groups excluding carboxylic acids is 2. The molecule has 0 aliphatic heterocycles. The highest BCUT2D eigenvalue weighted by Crippen LogP contribution is 2.14. The van der Waals surface area contributed by atoms with E-state index < -0.39 is 0 Å². The number of pyridine rings is 2. The predicted molar refractivity (Wildman–Crippen MR) is 113 cm³/mol. The van der Waals surface area contributed by atoms with Crippen molar-refractivity contribution in [3.63, 3.8) is 0 Å².